The minimum atomic E-state index is 0.460. The second-order valence-electron chi connectivity index (χ2n) is 5.69. The Morgan fingerprint density at radius 3 is 2.50 bits per heavy atom. The van der Waals surface area contributed by atoms with E-state index in [1.807, 2.05) is 36.4 Å². The number of hydrogen-bond acceptors (Lipinski definition) is 3. The molecule has 2 aromatic carbocycles. The largest absolute Gasteiger partial charge is 0.487 e. The summed E-state index contributed by atoms with van der Waals surface area (Å²) >= 11 is 6.15. The average molecular weight is 376 g/mol. The summed E-state index contributed by atoms with van der Waals surface area (Å²) in [6.07, 6.45) is 0.930. The number of ether oxygens (including phenoxy) is 2. The van der Waals surface area contributed by atoms with Crippen molar-refractivity contribution in [3.63, 3.8) is 0 Å². The molecule has 5 nitrogen and oxygen atoms in total. The van der Waals surface area contributed by atoms with E-state index < -0.39 is 0 Å². The van der Waals surface area contributed by atoms with Gasteiger partial charge in [0.15, 0.2) is 5.96 Å². The van der Waals surface area contributed by atoms with Crippen LogP contribution in [-0.4, -0.2) is 33.3 Å². The maximum absolute atomic E-state index is 6.15. The van der Waals surface area contributed by atoms with E-state index in [0.29, 0.717) is 23.9 Å². The Balaban J connectivity index is 1.90. The monoisotopic (exact) mass is 375 g/mol. The van der Waals surface area contributed by atoms with Gasteiger partial charge in [0.2, 0.25) is 0 Å². The summed E-state index contributed by atoms with van der Waals surface area (Å²) < 4.78 is 10.9. The van der Waals surface area contributed by atoms with Crippen molar-refractivity contribution in [3.8, 4) is 5.75 Å². The fraction of sp³-hybridized carbons (Fsp3) is 0.350. The first-order valence-electron chi connectivity index (χ1n) is 8.62. The van der Waals surface area contributed by atoms with E-state index in [4.69, 9.17) is 21.1 Å². The Labute approximate surface area is 160 Å². The van der Waals surface area contributed by atoms with Crippen LogP contribution >= 0.6 is 11.6 Å². The molecule has 0 radical (unpaired) electrons. The SMILES string of the molecule is CN=C(NCCCOC)NCc1ccccc1COc1ccccc1Cl. The van der Waals surface area contributed by atoms with Crippen molar-refractivity contribution in [3.05, 3.63) is 64.7 Å². The van der Waals surface area contributed by atoms with E-state index in [1.165, 1.54) is 0 Å². The summed E-state index contributed by atoms with van der Waals surface area (Å²) in [7, 11) is 3.47. The van der Waals surface area contributed by atoms with E-state index in [9.17, 15) is 0 Å². The molecule has 2 N–H and O–H groups in total. The van der Waals surface area contributed by atoms with Gasteiger partial charge in [-0.2, -0.15) is 0 Å². The number of nitrogens with one attached hydrogen (secondary N) is 2. The van der Waals surface area contributed by atoms with Gasteiger partial charge in [-0.05, 0) is 29.7 Å². The predicted molar refractivity (Wildman–Crippen MR) is 107 cm³/mol. The molecule has 0 unspecified atom stereocenters. The van der Waals surface area contributed by atoms with Crippen molar-refractivity contribution < 1.29 is 9.47 Å². The molecule has 6 heteroatoms. The third-order valence-electron chi connectivity index (χ3n) is 3.83. The van der Waals surface area contributed by atoms with Gasteiger partial charge in [-0.3, -0.25) is 4.99 Å². The van der Waals surface area contributed by atoms with Gasteiger partial charge >= 0.3 is 0 Å². The fourth-order valence-electron chi connectivity index (χ4n) is 2.41. The van der Waals surface area contributed by atoms with E-state index in [0.717, 1.165) is 36.7 Å². The lowest BCUT2D eigenvalue weighted by Gasteiger charge is -2.15. The van der Waals surface area contributed by atoms with Gasteiger partial charge < -0.3 is 20.1 Å². The van der Waals surface area contributed by atoms with Gasteiger partial charge in [0, 0.05) is 33.9 Å². The summed E-state index contributed by atoms with van der Waals surface area (Å²) in [5.74, 6) is 1.45. The molecule has 0 bridgehead atoms. The molecule has 0 fully saturated rings. The van der Waals surface area contributed by atoms with Gasteiger partial charge in [0.25, 0.3) is 0 Å². The molecule has 0 saturated heterocycles. The average Bonchev–Trinajstić information content (AvgIpc) is 2.67. The highest BCUT2D eigenvalue weighted by Gasteiger charge is 2.06. The molecule has 2 aromatic rings. The van der Waals surface area contributed by atoms with Crippen LogP contribution in [0.15, 0.2) is 53.5 Å². The Morgan fingerprint density at radius 2 is 1.77 bits per heavy atom. The normalized spacial score (nSPS) is 11.3. The standard InChI is InChI=1S/C20H26ClN3O2/c1-22-20(23-12-7-13-25-2)24-14-16-8-3-4-9-17(16)15-26-19-11-6-5-10-18(19)21/h3-6,8-11H,7,12-15H2,1-2H3,(H2,22,23,24). The lowest BCUT2D eigenvalue weighted by molar-refractivity contribution is 0.195. The molecule has 0 spiro atoms. The summed E-state index contributed by atoms with van der Waals surface area (Å²) in [4.78, 5) is 4.24. The first kappa shape index (κ1) is 20.1. The molecule has 0 atom stereocenters. The summed E-state index contributed by atoms with van der Waals surface area (Å²) in [6, 6.07) is 15.7. The number of nitrogens with zero attached hydrogens (tertiary/aromatic N) is 1. The third-order valence-corrected chi connectivity index (χ3v) is 4.14. The molecule has 0 heterocycles. The molecular formula is C20H26ClN3O2. The Hall–Kier alpha value is -2.24. The Kier molecular flexibility index (Phi) is 8.79. The molecule has 26 heavy (non-hydrogen) atoms. The number of methoxy groups -OCH3 is 1. The maximum Gasteiger partial charge on any atom is 0.191 e. The molecule has 0 aromatic heterocycles. The number of rotatable bonds is 9. The van der Waals surface area contributed by atoms with Crippen LogP contribution in [0.5, 0.6) is 5.75 Å². The molecule has 0 saturated carbocycles. The number of para-hydroxylation sites is 1. The molecule has 0 aliphatic carbocycles. The summed E-state index contributed by atoms with van der Waals surface area (Å²) in [5, 5.41) is 7.21. The Morgan fingerprint density at radius 1 is 1.04 bits per heavy atom. The third kappa shape index (κ3) is 6.58. The first-order chi connectivity index (χ1) is 12.7. The predicted octanol–water partition coefficient (Wildman–Crippen LogP) is 3.62. The van der Waals surface area contributed by atoms with Crippen LogP contribution < -0.4 is 15.4 Å². The molecule has 0 aliphatic rings. The fourth-order valence-corrected chi connectivity index (χ4v) is 2.60. The zero-order valence-electron chi connectivity index (χ0n) is 15.3. The van der Waals surface area contributed by atoms with Crippen LogP contribution in [0.4, 0.5) is 0 Å². The van der Waals surface area contributed by atoms with Crippen LogP contribution in [0.1, 0.15) is 17.5 Å². The molecule has 2 rings (SSSR count). The van der Waals surface area contributed by atoms with E-state index >= 15 is 0 Å². The van der Waals surface area contributed by atoms with E-state index in [2.05, 4.69) is 27.8 Å². The van der Waals surface area contributed by atoms with Crippen molar-refractivity contribution in [2.45, 2.75) is 19.6 Å². The zero-order valence-corrected chi connectivity index (χ0v) is 16.1. The van der Waals surface area contributed by atoms with Crippen molar-refractivity contribution in [1.29, 1.82) is 0 Å². The van der Waals surface area contributed by atoms with Gasteiger partial charge in [-0.25, -0.2) is 0 Å². The van der Waals surface area contributed by atoms with Crippen LogP contribution in [0.2, 0.25) is 5.02 Å². The van der Waals surface area contributed by atoms with Crippen LogP contribution in [0.3, 0.4) is 0 Å². The lowest BCUT2D eigenvalue weighted by atomic mass is 10.1. The highest BCUT2D eigenvalue weighted by molar-refractivity contribution is 6.32. The number of guanidine groups is 1. The van der Waals surface area contributed by atoms with Gasteiger partial charge in [-0.15, -0.1) is 0 Å². The van der Waals surface area contributed by atoms with E-state index in [1.54, 1.807) is 14.2 Å². The van der Waals surface area contributed by atoms with Crippen molar-refractivity contribution in [2.24, 2.45) is 4.99 Å². The molecule has 140 valence electrons. The number of hydrogen-bond donors (Lipinski definition) is 2. The smallest absolute Gasteiger partial charge is 0.191 e. The lowest BCUT2D eigenvalue weighted by Crippen LogP contribution is -2.37. The minimum Gasteiger partial charge on any atom is -0.487 e. The summed E-state index contributed by atoms with van der Waals surface area (Å²) in [6.45, 7) is 2.66. The highest BCUT2D eigenvalue weighted by atomic mass is 35.5. The quantitative estimate of drug-likeness (QED) is 0.399. The topological polar surface area (TPSA) is 54.9 Å². The summed E-state index contributed by atoms with van der Waals surface area (Å²) in [5.41, 5.74) is 2.26. The first-order valence-corrected chi connectivity index (χ1v) is 9.00. The second kappa shape index (κ2) is 11.4. The molecule has 0 amide bonds. The molecular weight excluding hydrogens is 350 g/mol. The van der Waals surface area contributed by atoms with Crippen molar-refractivity contribution in [1.82, 2.24) is 10.6 Å². The number of benzene rings is 2. The van der Waals surface area contributed by atoms with Gasteiger partial charge in [-0.1, -0.05) is 48.0 Å². The van der Waals surface area contributed by atoms with Crippen LogP contribution in [-0.2, 0) is 17.9 Å². The van der Waals surface area contributed by atoms with Crippen molar-refractivity contribution in [2.75, 3.05) is 27.3 Å². The number of halogens is 1. The van der Waals surface area contributed by atoms with Crippen LogP contribution in [0.25, 0.3) is 0 Å². The Bertz CT molecular complexity index is 707. The highest BCUT2D eigenvalue weighted by Crippen LogP contribution is 2.24. The van der Waals surface area contributed by atoms with Gasteiger partial charge in [0.1, 0.15) is 12.4 Å². The van der Waals surface area contributed by atoms with Crippen LogP contribution in [0, 0.1) is 0 Å². The van der Waals surface area contributed by atoms with Gasteiger partial charge in [0.05, 0.1) is 5.02 Å². The second-order valence-corrected chi connectivity index (χ2v) is 6.09. The van der Waals surface area contributed by atoms with E-state index in [-0.39, 0.29) is 0 Å². The zero-order chi connectivity index (χ0) is 18.6. The number of aliphatic imine (C=N–C) groups is 1. The molecule has 0 aliphatic heterocycles. The minimum absolute atomic E-state index is 0.460. The van der Waals surface area contributed by atoms with Crippen molar-refractivity contribution >= 4 is 17.6 Å². The maximum atomic E-state index is 6.15.